The Morgan fingerprint density at radius 1 is 1.31 bits per heavy atom. The highest BCUT2D eigenvalue weighted by molar-refractivity contribution is 9.09. The van der Waals surface area contributed by atoms with Crippen LogP contribution in [0.15, 0.2) is 24.3 Å². The molecule has 0 aliphatic heterocycles. The monoisotopic (exact) mass is 283 g/mol. The normalized spacial score (nSPS) is 14.2. The highest BCUT2D eigenvalue weighted by atomic mass is 79.9. The van der Waals surface area contributed by atoms with Crippen molar-refractivity contribution in [3.63, 3.8) is 0 Å². The Labute approximate surface area is 106 Å². The third-order valence-electron chi connectivity index (χ3n) is 2.37. The summed E-state index contributed by atoms with van der Waals surface area (Å²) in [5.41, 5.74) is 1.89. The van der Waals surface area contributed by atoms with Crippen molar-refractivity contribution in [2.45, 2.75) is 38.1 Å². The van der Waals surface area contributed by atoms with Crippen LogP contribution >= 0.6 is 15.9 Å². The van der Waals surface area contributed by atoms with E-state index in [9.17, 15) is 4.79 Å². The van der Waals surface area contributed by atoms with Gasteiger partial charge in [0.05, 0.1) is 0 Å². The molecule has 16 heavy (non-hydrogen) atoms. The zero-order valence-electron chi connectivity index (χ0n) is 9.96. The number of nitrogens with one attached hydrogen (secondary N) is 1. The van der Waals surface area contributed by atoms with E-state index in [4.69, 9.17) is 0 Å². The fraction of sp³-hybridized carbons (Fsp3) is 0.462. The molecule has 1 N–H and O–H groups in total. The summed E-state index contributed by atoms with van der Waals surface area (Å²) in [5, 5.41) is 2.98. The van der Waals surface area contributed by atoms with Crippen molar-refractivity contribution < 1.29 is 4.79 Å². The van der Waals surface area contributed by atoms with Crippen LogP contribution in [0.3, 0.4) is 0 Å². The Bertz CT molecular complexity index is 345. The van der Waals surface area contributed by atoms with Crippen molar-refractivity contribution >= 4 is 21.8 Å². The van der Waals surface area contributed by atoms with Gasteiger partial charge in [-0.1, -0.05) is 40.5 Å². The topological polar surface area (TPSA) is 29.1 Å². The molecule has 0 radical (unpaired) electrons. The Morgan fingerprint density at radius 2 is 1.88 bits per heavy atom. The van der Waals surface area contributed by atoms with Gasteiger partial charge in [-0.3, -0.25) is 4.79 Å². The van der Waals surface area contributed by atoms with Crippen LogP contribution in [0.25, 0.3) is 0 Å². The average molecular weight is 284 g/mol. The Kier molecular flexibility index (Phi) is 5.00. The lowest BCUT2D eigenvalue weighted by atomic mass is 10.1. The minimum atomic E-state index is 0.000602. The maximum atomic E-state index is 11.8. The molecule has 0 bridgehead atoms. The predicted octanol–water partition coefficient (Wildman–Crippen LogP) is 3.29. The molecule has 0 aromatic heterocycles. The van der Waals surface area contributed by atoms with Crippen LogP contribution < -0.4 is 5.32 Å². The molecule has 3 heteroatoms. The Morgan fingerprint density at radius 3 is 2.38 bits per heavy atom. The third-order valence-corrected chi connectivity index (χ3v) is 2.74. The van der Waals surface area contributed by atoms with E-state index in [-0.39, 0.29) is 11.9 Å². The fourth-order valence-electron chi connectivity index (χ4n) is 1.56. The smallest absolute Gasteiger partial charge is 0.251 e. The number of amides is 1. The summed E-state index contributed by atoms with van der Waals surface area (Å²) in [4.78, 5) is 12.2. The van der Waals surface area contributed by atoms with Gasteiger partial charge in [0.1, 0.15) is 0 Å². The molecule has 2 atom stereocenters. The van der Waals surface area contributed by atoms with Crippen molar-refractivity contribution in [3.05, 3.63) is 35.4 Å². The third kappa shape index (κ3) is 4.35. The molecule has 0 aliphatic carbocycles. The van der Waals surface area contributed by atoms with E-state index in [2.05, 4.69) is 28.2 Å². The molecule has 1 amide bonds. The number of carbonyl (C=O) groups excluding carboxylic acids is 1. The van der Waals surface area contributed by atoms with Gasteiger partial charge in [-0.25, -0.2) is 0 Å². The van der Waals surface area contributed by atoms with E-state index >= 15 is 0 Å². The van der Waals surface area contributed by atoms with E-state index in [1.54, 1.807) is 0 Å². The first kappa shape index (κ1) is 13.2. The van der Waals surface area contributed by atoms with Gasteiger partial charge in [-0.15, -0.1) is 0 Å². The maximum Gasteiger partial charge on any atom is 0.251 e. The highest BCUT2D eigenvalue weighted by Crippen LogP contribution is 2.08. The van der Waals surface area contributed by atoms with Gasteiger partial charge in [-0.05, 0) is 32.4 Å². The molecule has 2 nitrogen and oxygen atoms in total. The number of alkyl halides is 1. The van der Waals surface area contributed by atoms with Crippen molar-refractivity contribution in [2.24, 2.45) is 0 Å². The molecule has 0 aliphatic rings. The second-order valence-corrected chi connectivity index (χ2v) is 5.82. The molecule has 1 rings (SSSR count). The first-order valence-electron chi connectivity index (χ1n) is 5.50. The van der Waals surface area contributed by atoms with E-state index in [1.165, 1.54) is 5.56 Å². The number of hydrogen-bond donors (Lipinski definition) is 1. The largest absolute Gasteiger partial charge is 0.350 e. The van der Waals surface area contributed by atoms with Crippen LogP contribution in [0.4, 0.5) is 0 Å². The van der Waals surface area contributed by atoms with Crippen LogP contribution in [0.2, 0.25) is 0 Å². The summed E-state index contributed by atoms with van der Waals surface area (Å²) < 4.78 is 0. The average Bonchev–Trinajstić information content (AvgIpc) is 2.16. The molecule has 0 fully saturated rings. The first-order valence-corrected chi connectivity index (χ1v) is 6.42. The summed E-state index contributed by atoms with van der Waals surface area (Å²) in [7, 11) is 0. The van der Waals surface area contributed by atoms with Gasteiger partial charge in [-0.2, -0.15) is 0 Å². The van der Waals surface area contributed by atoms with E-state index in [1.807, 2.05) is 38.1 Å². The van der Waals surface area contributed by atoms with Crippen LogP contribution in [-0.4, -0.2) is 16.8 Å². The van der Waals surface area contributed by atoms with Gasteiger partial charge < -0.3 is 5.32 Å². The molecule has 88 valence electrons. The number of rotatable bonds is 4. The fourth-order valence-corrected chi connectivity index (χ4v) is 2.12. The maximum absolute atomic E-state index is 11.8. The molecule has 1 aromatic carbocycles. The molecular weight excluding hydrogens is 266 g/mol. The van der Waals surface area contributed by atoms with Crippen LogP contribution in [0.5, 0.6) is 0 Å². The molecule has 0 saturated carbocycles. The molecule has 0 heterocycles. The van der Waals surface area contributed by atoms with Crippen molar-refractivity contribution in [2.75, 3.05) is 0 Å². The van der Waals surface area contributed by atoms with E-state index in [0.29, 0.717) is 4.83 Å². The molecule has 2 unspecified atom stereocenters. The standard InChI is InChI=1S/C13H18BrNO/c1-9-4-6-12(7-5-9)13(16)15-11(3)8-10(2)14/h4-7,10-11H,8H2,1-3H3,(H,15,16). The number of hydrogen-bond acceptors (Lipinski definition) is 1. The summed E-state index contributed by atoms with van der Waals surface area (Å²) >= 11 is 3.48. The number of carbonyl (C=O) groups is 1. The van der Waals surface area contributed by atoms with Crippen molar-refractivity contribution in [1.82, 2.24) is 5.32 Å². The van der Waals surface area contributed by atoms with Gasteiger partial charge in [0.25, 0.3) is 5.91 Å². The Balaban J connectivity index is 2.55. The minimum absolute atomic E-state index is 0.000602. The quantitative estimate of drug-likeness (QED) is 0.845. The summed E-state index contributed by atoms with van der Waals surface area (Å²) in [5.74, 6) is 0.000602. The van der Waals surface area contributed by atoms with Crippen LogP contribution in [0.1, 0.15) is 36.2 Å². The highest BCUT2D eigenvalue weighted by Gasteiger charge is 2.10. The lowest BCUT2D eigenvalue weighted by Gasteiger charge is -2.15. The van der Waals surface area contributed by atoms with Crippen LogP contribution in [-0.2, 0) is 0 Å². The van der Waals surface area contributed by atoms with Gasteiger partial charge in [0, 0.05) is 16.4 Å². The first-order chi connectivity index (χ1) is 7.49. The second-order valence-electron chi connectivity index (χ2n) is 4.26. The molecule has 0 spiro atoms. The van der Waals surface area contributed by atoms with Gasteiger partial charge >= 0.3 is 0 Å². The van der Waals surface area contributed by atoms with Gasteiger partial charge in [0.15, 0.2) is 0 Å². The van der Waals surface area contributed by atoms with E-state index < -0.39 is 0 Å². The molecule has 1 aromatic rings. The molecular formula is C13H18BrNO. The summed E-state index contributed by atoms with van der Waals surface area (Å²) in [6, 6.07) is 7.80. The van der Waals surface area contributed by atoms with E-state index in [0.717, 1.165) is 12.0 Å². The number of aryl methyl sites for hydroxylation is 1. The SMILES string of the molecule is Cc1ccc(C(=O)NC(C)CC(C)Br)cc1. The summed E-state index contributed by atoms with van der Waals surface area (Å²) in [6.45, 7) is 6.11. The zero-order valence-corrected chi connectivity index (χ0v) is 11.5. The lowest BCUT2D eigenvalue weighted by molar-refractivity contribution is 0.0938. The summed E-state index contributed by atoms with van der Waals surface area (Å²) in [6.07, 6.45) is 0.928. The van der Waals surface area contributed by atoms with Crippen LogP contribution in [0, 0.1) is 6.92 Å². The lowest BCUT2D eigenvalue weighted by Crippen LogP contribution is -2.33. The number of halogens is 1. The second kappa shape index (κ2) is 6.04. The zero-order chi connectivity index (χ0) is 12.1. The molecule has 0 saturated heterocycles. The van der Waals surface area contributed by atoms with Crippen molar-refractivity contribution in [1.29, 1.82) is 0 Å². The number of benzene rings is 1. The van der Waals surface area contributed by atoms with Gasteiger partial charge in [0.2, 0.25) is 0 Å². The predicted molar refractivity (Wildman–Crippen MR) is 71.1 cm³/mol. The Hall–Kier alpha value is -0.830. The van der Waals surface area contributed by atoms with Crippen molar-refractivity contribution in [3.8, 4) is 0 Å². The minimum Gasteiger partial charge on any atom is -0.350 e.